The van der Waals surface area contributed by atoms with Crippen LogP contribution >= 0.6 is 11.8 Å². The summed E-state index contributed by atoms with van der Waals surface area (Å²) in [6.07, 6.45) is 0. The molecule has 1 N–H and O–H groups in total. The van der Waals surface area contributed by atoms with E-state index in [1.807, 2.05) is 6.92 Å². The van der Waals surface area contributed by atoms with Gasteiger partial charge in [-0.25, -0.2) is 4.39 Å². The van der Waals surface area contributed by atoms with E-state index < -0.39 is 0 Å². The molecule has 14 heavy (non-hydrogen) atoms. The second-order valence-corrected chi connectivity index (χ2v) is 4.73. The first-order valence-corrected chi connectivity index (χ1v) is 5.23. The van der Waals surface area contributed by atoms with Gasteiger partial charge in [0.05, 0.1) is 10.9 Å². The maximum atomic E-state index is 13.2. The number of hydrogen-bond acceptors (Lipinski definition) is 2. The van der Waals surface area contributed by atoms with E-state index in [1.165, 1.54) is 17.8 Å². The average molecular weight is 211 g/mol. The maximum Gasteiger partial charge on any atom is 0.237 e. The monoisotopic (exact) mass is 211 g/mol. The second kappa shape index (κ2) is 3.28. The molecule has 1 heterocycles. The van der Waals surface area contributed by atoms with Gasteiger partial charge in [-0.3, -0.25) is 4.79 Å². The number of nitrogens with one attached hydrogen (secondary N) is 1. The summed E-state index contributed by atoms with van der Waals surface area (Å²) >= 11 is 1.46. The smallest absolute Gasteiger partial charge is 0.237 e. The maximum absolute atomic E-state index is 13.2. The molecule has 2 rings (SSSR count). The van der Waals surface area contributed by atoms with Crippen LogP contribution < -0.4 is 5.32 Å². The molecule has 1 unspecified atom stereocenters. The van der Waals surface area contributed by atoms with Crippen molar-refractivity contribution in [2.45, 2.75) is 24.0 Å². The van der Waals surface area contributed by atoms with Crippen LogP contribution in [0.2, 0.25) is 0 Å². The predicted octanol–water partition coefficient (Wildman–Crippen LogP) is 2.57. The molecule has 2 nitrogen and oxygen atoms in total. The Bertz CT molecular complexity index is 405. The standard InChI is InChI=1S/C10H10FNOS/c1-5-3-9-8(4-7(5)11)12-10(13)6(2)14-9/h3-4,6H,1-2H3,(H,12,13). The van der Waals surface area contributed by atoms with Gasteiger partial charge in [0, 0.05) is 4.90 Å². The minimum Gasteiger partial charge on any atom is -0.324 e. The van der Waals surface area contributed by atoms with Crippen LogP contribution in [0, 0.1) is 12.7 Å². The number of carbonyl (C=O) groups is 1. The van der Waals surface area contributed by atoms with E-state index >= 15 is 0 Å². The molecular formula is C10H10FNOS. The quantitative estimate of drug-likeness (QED) is 0.714. The number of anilines is 1. The third-order valence-corrected chi connectivity index (χ3v) is 3.35. The summed E-state index contributed by atoms with van der Waals surface area (Å²) in [4.78, 5) is 12.2. The van der Waals surface area contributed by atoms with Gasteiger partial charge in [0.15, 0.2) is 0 Å². The Kier molecular flexibility index (Phi) is 2.23. The van der Waals surface area contributed by atoms with Crippen LogP contribution in [0.5, 0.6) is 0 Å². The number of aryl methyl sites for hydroxylation is 1. The van der Waals surface area contributed by atoms with Crippen LogP contribution in [-0.4, -0.2) is 11.2 Å². The number of amides is 1. The first kappa shape index (κ1) is 9.52. The lowest BCUT2D eigenvalue weighted by Gasteiger charge is -2.21. The summed E-state index contributed by atoms with van der Waals surface area (Å²) in [5, 5.41) is 2.57. The average Bonchev–Trinajstić information content (AvgIpc) is 2.11. The molecule has 0 aromatic heterocycles. The van der Waals surface area contributed by atoms with E-state index in [2.05, 4.69) is 5.32 Å². The SMILES string of the molecule is Cc1cc2c(cc1F)NC(=O)C(C)S2. The molecule has 1 aliphatic heterocycles. The van der Waals surface area contributed by atoms with Crippen LogP contribution in [0.3, 0.4) is 0 Å². The van der Waals surface area contributed by atoms with Crippen LogP contribution in [-0.2, 0) is 4.79 Å². The highest BCUT2D eigenvalue weighted by Gasteiger charge is 2.23. The van der Waals surface area contributed by atoms with E-state index in [1.54, 1.807) is 13.0 Å². The highest BCUT2D eigenvalue weighted by atomic mass is 32.2. The molecular weight excluding hydrogens is 201 g/mol. The van der Waals surface area contributed by atoms with Crippen molar-refractivity contribution in [2.75, 3.05) is 5.32 Å². The first-order valence-electron chi connectivity index (χ1n) is 4.35. The van der Waals surface area contributed by atoms with Crippen molar-refractivity contribution in [3.63, 3.8) is 0 Å². The number of halogens is 1. The highest BCUT2D eigenvalue weighted by molar-refractivity contribution is 8.00. The largest absolute Gasteiger partial charge is 0.324 e. The Morgan fingerprint density at radius 3 is 2.93 bits per heavy atom. The van der Waals surface area contributed by atoms with Gasteiger partial charge in [-0.1, -0.05) is 0 Å². The number of hydrogen-bond donors (Lipinski definition) is 1. The minimum absolute atomic E-state index is 0.0641. The first-order chi connectivity index (χ1) is 6.58. The summed E-state index contributed by atoms with van der Waals surface area (Å²) < 4.78 is 13.2. The lowest BCUT2D eigenvalue weighted by atomic mass is 10.2. The van der Waals surface area contributed by atoms with Crippen molar-refractivity contribution in [2.24, 2.45) is 0 Å². The molecule has 4 heteroatoms. The van der Waals surface area contributed by atoms with Crippen molar-refractivity contribution in [3.05, 3.63) is 23.5 Å². The van der Waals surface area contributed by atoms with Gasteiger partial charge in [-0.15, -0.1) is 11.8 Å². The lowest BCUT2D eigenvalue weighted by Crippen LogP contribution is -2.26. The van der Waals surface area contributed by atoms with Crippen molar-refractivity contribution in [1.29, 1.82) is 0 Å². The molecule has 0 bridgehead atoms. The third kappa shape index (κ3) is 1.50. The van der Waals surface area contributed by atoms with Gasteiger partial charge in [0.1, 0.15) is 5.82 Å². The van der Waals surface area contributed by atoms with Gasteiger partial charge in [-0.05, 0) is 31.5 Å². The number of carbonyl (C=O) groups excluding carboxylic acids is 1. The van der Waals surface area contributed by atoms with E-state index in [0.29, 0.717) is 11.3 Å². The molecule has 0 spiro atoms. The molecule has 1 aromatic carbocycles. The molecule has 1 aliphatic rings. The molecule has 74 valence electrons. The molecule has 1 aromatic rings. The molecule has 0 saturated heterocycles. The summed E-state index contributed by atoms with van der Waals surface area (Å²) in [5.74, 6) is -0.343. The van der Waals surface area contributed by atoms with Crippen LogP contribution in [0.15, 0.2) is 17.0 Å². The van der Waals surface area contributed by atoms with Gasteiger partial charge < -0.3 is 5.32 Å². The Hall–Kier alpha value is -1.03. The zero-order valence-electron chi connectivity index (χ0n) is 7.93. The predicted molar refractivity (Wildman–Crippen MR) is 55.1 cm³/mol. The van der Waals surface area contributed by atoms with Crippen molar-refractivity contribution >= 4 is 23.4 Å². The molecule has 0 radical (unpaired) electrons. The van der Waals surface area contributed by atoms with Crippen LogP contribution in [0.25, 0.3) is 0 Å². The molecule has 1 atom stereocenters. The fraction of sp³-hybridized carbons (Fsp3) is 0.300. The van der Waals surface area contributed by atoms with Crippen molar-refractivity contribution < 1.29 is 9.18 Å². The van der Waals surface area contributed by atoms with Gasteiger partial charge >= 0.3 is 0 Å². The number of benzene rings is 1. The zero-order valence-corrected chi connectivity index (χ0v) is 8.74. The third-order valence-electron chi connectivity index (χ3n) is 2.19. The van der Waals surface area contributed by atoms with Crippen molar-refractivity contribution in [1.82, 2.24) is 0 Å². The summed E-state index contributed by atoms with van der Waals surface area (Å²) in [7, 11) is 0. The number of thioether (sulfide) groups is 1. The molecule has 0 aliphatic carbocycles. The zero-order chi connectivity index (χ0) is 10.3. The Labute approximate surface area is 85.9 Å². The van der Waals surface area contributed by atoms with E-state index in [-0.39, 0.29) is 17.0 Å². The highest BCUT2D eigenvalue weighted by Crippen LogP contribution is 2.36. The summed E-state index contributed by atoms with van der Waals surface area (Å²) in [6, 6.07) is 3.15. The fourth-order valence-electron chi connectivity index (χ4n) is 1.33. The Morgan fingerprint density at radius 2 is 2.21 bits per heavy atom. The number of rotatable bonds is 0. The Morgan fingerprint density at radius 1 is 1.50 bits per heavy atom. The summed E-state index contributed by atoms with van der Waals surface area (Å²) in [5.41, 5.74) is 1.20. The minimum atomic E-state index is -0.279. The molecule has 0 fully saturated rings. The van der Waals surface area contributed by atoms with Crippen molar-refractivity contribution in [3.8, 4) is 0 Å². The Balaban J connectivity index is 2.47. The summed E-state index contributed by atoms with van der Waals surface area (Å²) in [6.45, 7) is 3.55. The normalized spacial score (nSPS) is 20.2. The lowest BCUT2D eigenvalue weighted by molar-refractivity contribution is -0.115. The fourth-order valence-corrected chi connectivity index (χ4v) is 2.36. The van der Waals surface area contributed by atoms with Gasteiger partial charge in [0.2, 0.25) is 5.91 Å². The van der Waals surface area contributed by atoms with E-state index in [4.69, 9.17) is 0 Å². The van der Waals surface area contributed by atoms with Gasteiger partial charge in [-0.2, -0.15) is 0 Å². The molecule has 1 amide bonds. The number of fused-ring (bicyclic) bond motifs is 1. The topological polar surface area (TPSA) is 29.1 Å². The van der Waals surface area contributed by atoms with E-state index in [0.717, 1.165) is 4.90 Å². The second-order valence-electron chi connectivity index (χ2n) is 3.35. The van der Waals surface area contributed by atoms with Crippen LogP contribution in [0.1, 0.15) is 12.5 Å². The van der Waals surface area contributed by atoms with Crippen LogP contribution in [0.4, 0.5) is 10.1 Å². The van der Waals surface area contributed by atoms with Gasteiger partial charge in [0.25, 0.3) is 0 Å². The molecule has 0 saturated carbocycles. The van der Waals surface area contributed by atoms with E-state index in [9.17, 15) is 9.18 Å².